The van der Waals surface area contributed by atoms with Gasteiger partial charge in [-0.25, -0.2) is 4.79 Å². The second-order valence-electron chi connectivity index (χ2n) is 5.91. The van der Waals surface area contributed by atoms with E-state index in [1.54, 1.807) is 0 Å². The van der Waals surface area contributed by atoms with Crippen LogP contribution in [0.4, 0.5) is 4.79 Å². The van der Waals surface area contributed by atoms with E-state index in [4.69, 9.17) is 10.5 Å². The Labute approximate surface area is 104 Å². The van der Waals surface area contributed by atoms with E-state index in [1.165, 1.54) is 0 Å². The van der Waals surface area contributed by atoms with Crippen molar-refractivity contribution in [2.24, 2.45) is 5.73 Å². The monoisotopic (exact) mass is 242 g/mol. The number of rotatable bonds is 5. The van der Waals surface area contributed by atoms with E-state index in [0.717, 1.165) is 25.7 Å². The van der Waals surface area contributed by atoms with Crippen LogP contribution in [-0.4, -0.2) is 35.2 Å². The highest BCUT2D eigenvalue weighted by atomic mass is 16.6. The molecule has 4 heteroatoms. The van der Waals surface area contributed by atoms with Gasteiger partial charge in [0.15, 0.2) is 0 Å². The van der Waals surface area contributed by atoms with E-state index in [0.29, 0.717) is 12.6 Å². The van der Waals surface area contributed by atoms with Gasteiger partial charge in [0.05, 0.1) is 0 Å². The number of carbonyl (C=O) groups is 1. The summed E-state index contributed by atoms with van der Waals surface area (Å²) in [6, 6.07) is 0.417. The molecule has 1 aliphatic carbocycles. The summed E-state index contributed by atoms with van der Waals surface area (Å²) < 4.78 is 5.41. The maximum absolute atomic E-state index is 12.0. The molecule has 0 saturated heterocycles. The Morgan fingerprint density at radius 1 is 1.47 bits per heavy atom. The highest BCUT2D eigenvalue weighted by Crippen LogP contribution is 2.28. The molecule has 17 heavy (non-hydrogen) atoms. The first-order valence-electron chi connectivity index (χ1n) is 6.58. The first-order chi connectivity index (χ1) is 7.83. The Kier molecular flexibility index (Phi) is 4.80. The number of nitrogens with zero attached hydrogens (tertiary/aromatic N) is 1. The van der Waals surface area contributed by atoms with Crippen molar-refractivity contribution in [2.75, 3.05) is 6.54 Å². The minimum atomic E-state index is -0.431. The van der Waals surface area contributed by atoms with Crippen LogP contribution in [0.2, 0.25) is 0 Å². The van der Waals surface area contributed by atoms with Crippen LogP contribution in [0.1, 0.15) is 53.4 Å². The minimum Gasteiger partial charge on any atom is -0.444 e. The number of amides is 1. The molecule has 0 heterocycles. The molecule has 4 nitrogen and oxygen atoms in total. The van der Waals surface area contributed by atoms with Gasteiger partial charge in [-0.05, 0) is 40.0 Å². The van der Waals surface area contributed by atoms with E-state index in [9.17, 15) is 4.79 Å². The van der Waals surface area contributed by atoms with Gasteiger partial charge in [0.1, 0.15) is 5.60 Å². The summed E-state index contributed by atoms with van der Waals surface area (Å²) in [6.45, 7) is 8.40. The molecule has 1 atom stereocenters. The van der Waals surface area contributed by atoms with Crippen LogP contribution in [0.25, 0.3) is 0 Å². The molecular weight excluding hydrogens is 216 g/mol. The summed E-state index contributed by atoms with van der Waals surface area (Å²) in [4.78, 5) is 13.8. The Bertz CT molecular complexity index is 257. The van der Waals surface area contributed by atoms with Crippen LogP contribution in [0.5, 0.6) is 0 Å². The largest absolute Gasteiger partial charge is 0.444 e. The molecule has 1 unspecified atom stereocenters. The third kappa shape index (κ3) is 5.39. The smallest absolute Gasteiger partial charge is 0.410 e. The molecule has 0 aromatic carbocycles. The second-order valence-corrected chi connectivity index (χ2v) is 5.91. The Morgan fingerprint density at radius 2 is 2.06 bits per heavy atom. The van der Waals surface area contributed by atoms with Crippen LogP contribution in [0.15, 0.2) is 0 Å². The highest BCUT2D eigenvalue weighted by molar-refractivity contribution is 5.69. The molecule has 0 aromatic heterocycles. The van der Waals surface area contributed by atoms with Gasteiger partial charge in [0, 0.05) is 18.6 Å². The Hall–Kier alpha value is -0.770. The maximum atomic E-state index is 12.0. The van der Waals surface area contributed by atoms with Gasteiger partial charge in [0.2, 0.25) is 0 Å². The summed E-state index contributed by atoms with van der Waals surface area (Å²) in [5.74, 6) is 0. The van der Waals surface area contributed by atoms with Crippen molar-refractivity contribution in [1.29, 1.82) is 0 Å². The van der Waals surface area contributed by atoms with Gasteiger partial charge in [-0.1, -0.05) is 13.3 Å². The van der Waals surface area contributed by atoms with Crippen molar-refractivity contribution < 1.29 is 9.53 Å². The van der Waals surface area contributed by atoms with E-state index in [2.05, 4.69) is 6.92 Å². The van der Waals surface area contributed by atoms with Crippen LogP contribution in [0.3, 0.4) is 0 Å². The van der Waals surface area contributed by atoms with E-state index < -0.39 is 5.60 Å². The minimum absolute atomic E-state index is 0.0631. The Morgan fingerprint density at radius 3 is 2.47 bits per heavy atom. The van der Waals surface area contributed by atoms with Gasteiger partial charge in [-0.3, -0.25) is 0 Å². The molecule has 0 radical (unpaired) electrons. The van der Waals surface area contributed by atoms with Crippen molar-refractivity contribution in [3.05, 3.63) is 0 Å². The normalized spacial score (nSPS) is 17.7. The van der Waals surface area contributed by atoms with Gasteiger partial charge in [-0.2, -0.15) is 0 Å². The molecule has 1 rings (SSSR count). The van der Waals surface area contributed by atoms with Crippen LogP contribution in [-0.2, 0) is 4.74 Å². The number of ether oxygens (including phenoxy) is 1. The lowest BCUT2D eigenvalue weighted by Gasteiger charge is -2.29. The molecule has 2 N–H and O–H groups in total. The van der Waals surface area contributed by atoms with E-state index >= 15 is 0 Å². The standard InChI is InChI=1S/C13H26N2O2/c1-5-6-10(14)9-15(11-7-8-11)12(16)17-13(2,3)4/h10-11H,5-9,14H2,1-4H3. The van der Waals surface area contributed by atoms with E-state index in [-0.39, 0.29) is 12.1 Å². The molecule has 1 amide bonds. The van der Waals surface area contributed by atoms with Crippen molar-refractivity contribution in [2.45, 2.75) is 71.1 Å². The fourth-order valence-electron chi connectivity index (χ4n) is 1.79. The number of hydrogen-bond acceptors (Lipinski definition) is 3. The van der Waals surface area contributed by atoms with Gasteiger partial charge in [0.25, 0.3) is 0 Å². The number of hydrogen-bond donors (Lipinski definition) is 1. The predicted octanol–water partition coefficient (Wildman–Crippen LogP) is 2.51. The topological polar surface area (TPSA) is 55.6 Å². The van der Waals surface area contributed by atoms with Crippen molar-refractivity contribution in [3.63, 3.8) is 0 Å². The molecule has 1 fully saturated rings. The second kappa shape index (κ2) is 5.71. The zero-order valence-electron chi connectivity index (χ0n) is 11.5. The molecular formula is C13H26N2O2. The summed E-state index contributed by atoms with van der Waals surface area (Å²) >= 11 is 0. The maximum Gasteiger partial charge on any atom is 0.410 e. The lowest BCUT2D eigenvalue weighted by atomic mass is 10.1. The Balaban J connectivity index is 2.50. The molecule has 0 aromatic rings. The lowest BCUT2D eigenvalue weighted by molar-refractivity contribution is 0.0220. The molecule has 0 spiro atoms. The zero-order valence-corrected chi connectivity index (χ0v) is 11.5. The molecule has 1 saturated carbocycles. The summed E-state index contributed by atoms with van der Waals surface area (Å²) in [6.07, 6.45) is 3.95. The van der Waals surface area contributed by atoms with Crippen LogP contribution in [0, 0.1) is 0 Å². The van der Waals surface area contributed by atoms with Crippen molar-refractivity contribution >= 4 is 6.09 Å². The SMILES string of the molecule is CCCC(N)CN(C(=O)OC(C)(C)C)C1CC1. The van der Waals surface area contributed by atoms with Crippen molar-refractivity contribution in [3.8, 4) is 0 Å². The first kappa shape index (κ1) is 14.3. The summed E-state index contributed by atoms with van der Waals surface area (Å²) in [5, 5.41) is 0. The van der Waals surface area contributed by atoms with Gasteiger partial charge < -0.3 is 15.4 Å². The summed E-state index contributed by atoms with van der Waals surface area (Å²) in [5.41, 5.74) is 5.57. The van der Waals surface area contributed by atoms with E-state index in [1.807, 2.05) is 25.7 Å². The molecule has 0 bridgehead atoms. The number of nitrogens with two attached hydrogens (primary N) is 1. The average molecular weight is 242 g/mol. The van der Waals surface area contributed by atoms with Crippen LogP contribution < -0.4 is 5.73 Å². The lowest BCUT2D eigenvalue weighted by Crippen LogP contribution is -2.44. The molecule has 0 aliphatic heterocycles. The fraction of sp³-hybridized carbons (Fsp3) is 0.923. The van der Waals surface area contributed by atoms with Crippen molar-refractivity contribution in [1.82, 2.24) is 4.90 Å². The predicted molar refractivity (Wildman–Crippen MR) is 68.8 cm³/mol. The third-order valence-corrected chi connectivity index (χ3v) is 2.71. The molecule has 100 valence electrons. The zero-order chi connectivity index (χ0) is 13.1. The summed E-state index contributed by atoms with van der Waals surface area (Å²) in [7, 11) is 0. The van der Waals surface area contributed by atoms with Gasteiger partial charge >= 0.3 is 6.09 Å². The average Bonchev–Trinajstić information content (AvgIpc) is 2.94. The quantitative estimate of drug-likeness (QED) is 0.806. The first-order valence-corrected chi connectivity index (χ1v) is 6.58. The van der Waals surface area contributed by atoms with Crippen LogP contribution >= 0.6 is 0 Å². The number of carbonyl (C=O) groups excluding carboxylic acids is 1. The highest BCUT2D eigenvalue weighted by Gasteiger charge is 2.35. The fourth-order valence-corrected chi connectivity index (χ4v) is 1.79. The third-order valence-electron chi connectivity index (χ3n) is 2.71. The molecule has 1 aliphatic rings. The van der Waals surface area contributed by atoms with Gasteiger partial charge in [-0.15, -0.1) is 0 Å².